The highest BCUT2D eigenvalue weighted by Crippen LogP contribution is 2.10. The molecule has 1 fully saturated rings. The van der Waals surface area contributed by atoms with E-state index in [9.17, 15) is 9.59 Å². The number of urea groups is 1. The average Bonchev–Trinajstić information content (AvgIpc) is 2.42. The summed E-state index contributed by atoms with van der Waals surface area (Å²) in [5.41, 5.74) is 0. The maximum Gasteiger partial charge on any atom is 0.317 e. The van der Waals surface area contributed by atoms with Crippen LogP contribution in [0.3, 0.4) is 0 Å². The number of carbonyl (C=O) groups is 2. The Balaban J connectivity index is 2.35. The van der Waals surface area contributed by atoms with Gasteiger partial charge in [0, 0.05) is 26.1 Å². The van der Waals surface area contributed by atoms with Crippen LogP contribution in [-0.4, -0.2) is 54.4 Å². The highest BCUT2D eigenvalue weighted by atomic mass is 16.5. The minimum Gasteiger partial charge on any atom is -0.481 e. The number of aliphatic carboxylic acids is 1. The molecule has 0 radical (unpaired) electrons. The third-order valence-corrected chi connectivity index (χ3v) is 3.46. The second kappa shape index (κ2) is 7.99. The molecule has 1 aliphatic heterocycles. The molecule has 1 aliphatic rings. The largest absolute Gasteiger partial charge is 0.481 e. The van der Waals surface area contributed by atoms with Crippen molar-refractivity contribution in [3.8, 4) is 0 Å². The second-order valence-corrected chi connectivity index (χ2v) is 4.91. The molecule has 110 valence electrons. The van der Waals surface area contributed by atoms with Crippen LogP contribution in [0.25, 0.3) is 0 Å². The molecule has 2 atom stereocenters. The van der Waals surface area contributed by atoms with E-state index in [4.69, 9.17) is 9.84 Å². The molecule has 0 aromatic heterocycles. The molecule has 6 heteroatoms. The van der Waals surface area contributed by atoms with Gasteiger partial charge in [-0.1, -0.05) is 20.3 Å². The molecule has 0 spiro atoms. The fourth-order valence-corrected chi connectivity index (χ4v) is 2.10. The molecule has 0 bridgehead atoms. The molecule has 2 unspecified atom stereocenters. The van der Waals surface area contributed by atoms with Crippen molar-refractivity contribution in [3.63, 3.8) is 0 Å². The van der Waals surface area contributed by atoms with E-state index in [-0.39, 0.29) is 24.5 Å². The zero-order chi connectivity index (χ0) is 14.3. The van der Waals surface area contributed by atoms with Crippen molar-refractivity contribution in [2.24, 2.45) is 5.92 Å². The molecule has 0 saturated carbocycles. The number of nitrogens with zero attached hydrogens (tertiary/aromatic N) is 1. The van der Waals surface area contributed by atoms with Crippen LogP contribution >= 0.6 is 0 Å². The summed E-state index contributed by atoms with van der Waals surface area (Å²) in [6, 6.07) is -0.120. The second-order valence-electron chi connectivity index (χ2n) is 4.91. The molecular weight excluding hydrogens is 248 g/mol. The number of hydrogen-bond acceptors (Lipinski definition) is 3. The fourth-order valence-electron chi connectivity index (χ4n) is 2.10. The van der Waals surface area contributed by atoms with Crippen LogP contribution in [-0.2, 0) is 9.53 Å². The summed E-state index contributed by atoms with van der Waals surface area (Å²) in [5.74, 6) is -0.831. The van der Waals surface area contributed by atoms with Gasteiger partial charge < -0.3 is 20.1 Å². The monoisotopic (exact) mass is 272 g/mol. The Morgan fingerprint density at radius 2 is 2.21 bits per heavy atom. The molecule has 0 aromatic rings. The third kappa shape index (κ3) is 5.46. The SMILES string of the molecule is CCC(CNC(=O)N1CCOC(CC)C1)CC(=O)O. The number of ether oxygens (including phenoxy) is 1. The van der Waals surface area contributed by atoms with Crippen LogP contribution in [0, 0.1) is 5.92 Å². The summed E-state index contributed by atoms with van der Waals surface area (Å²) in [7, 11) is 0. The lowest BCUT2D eigenvalue weighted by molar-refractivity contribution is -0.138. The Morgan fingerprint density at radius 3 is 2.79 bits per heavy atom. The van der Waals surface area contributed by atoms with E-state index < -0.39 is 5.97 Å². The maximum atomic E-state index is 12.0. The summed E-state index contributed by atoms with van der Waals surface area (Å²) in [4.78, 5) is 24.4. The zero-order valence-electron chi connectivity index (χ0n) is 11.7. The Labute approximate surface area is 114 Å². The van der Waals surface area contributed by atoms with Gasteiger partial charge in [0.1, 0.15) is 0 Å². The lowest BCUT2D eigenvalue weighted by Crippen LogP contribution is -2.50. The van der Waals surface area contributed by atoms with Crippen LogP contribution in [0.1, 0.15) is 33.1 Å². The predicted octanol–water partition coefficient (Wildman–Crippen LogP) is 1.31. The van der Waals surface area contributed by atoms with E-state index in [0.29, 0.717) is 26.2 Å². The average molecular weight is 272 g/mol. The van der Waals surface area contributed by atoms with E-state index in [1.54, 1.807) is 4.90 Å². The van der Waals surface area contributed by atoms with Crippen molar-refractivity contribution < 1.29 is 19.4 Å². The number of morpholine rings is 1. The van der Waals surface area contributed by atoms with Gasteiger partial charge in [-0.2, -0.15) is 0 Å². The van der Waals surface area contributed by atoms with Crippen LogP contribution in [0.2, 0.25) is 0 Å². The first kappa shape index (κ1) is 15.8. The van der Waals surface area contributed by atoms with Gasteiger partial charge in [0.15, 0.2) is 0 Å². The number of amides is 2. The van der Waals surface area contributed by atoms with E-state index in [1.165, 1.54) is 0 Å². The smallest absolute Gasteiger partial charge is 0.317 e. The Kier molecular flexibility index (Phi) is 6.62. The lowest BCUT2D eigenvalue weighted by Gasteiger charge is -2.32. The Hall–Kier alpha value is -1.30. The van der Waals surface area contributed by atoms with E-state index >= 15 is 0 Å². The van der Waals surface area contributed by atoms with Crippen LogP contribution < -0.4 is 5.32 Å². The highest BCUT2D eigenvalue weighted by molar-refractivity contribution is 5.74. The first-order chi connectivity index (χ1) is 9.06. The van der Waals surface area contributed by atoms with Gasteiger partial charge in [0.05, 0.1) is 12.7 Å². The van der Waals surface area contributed by atoms with Crippen LogP contribution in [0.15, 0.2) is 0 Å². The van der Waals surface area contributed by atoms with Crippen molar-refractivity contribution in [1.29, 1.82) is 0 Å². The Morgan fingerprint density at radius 1 is 1.47 bits per heavy atom. The highest BCUT2D eigenvalue weighted by Gasteiger charge is 2.23. The summed E-state index contributed by atoms with van der Waals surface area (Å²) in [6.45, 7) is 6.15. The van der Waals surface area contributed by atoms with Gasteiger partial charge >= 0.3 is 12.0 Å². The molecule has 2 N–H and O–H groups in total. The molecular formula is C13H24N2O4. The van der Waals surface area contributed by atoms with E-state index in [2.05, 4.69) is 5.32 Å². The summed E-state index contributed by atoms with van der Waals surface area (Å²) in [6.07, 6.45) is 1.84. The molecule has 0 aliphatic carbocycles. The van der Waals surface area contributed by atoms with Crippen molar-refractivity contribution >= 4 is 12.0 Å². The van der Waals surface area contributed by atoms with Gasteiger partial charge in [0.25, 0.3) is 0 Å². The van der Waals surface area contributed by atoms with Crippen molar-refractivity contribution in [3.05, 3.63) is 0 Å². The standard InChI is InChI=1S/C13H24N2O4/c1-3-10(7-12(16)17)8-14-13(18)15-5-6-19-11(4-2)9-15/h10-11H,3-9H2,1-2H3,(H,14,18)(H,16,17). The van der Waals surface area contributed by atoms with Gasteiger partial charge in [-0.15, -0.1) is 0 Å². The predicted molar refractivity (Wildman–Crippen MR) is 71.0 cm³/mol. The molecule has 0 aromatic carbocycles. The van der Waals surface area contributed by atoms with Gasteiger partial charge in [-0.05, 0) is 12.3 Å². The number of carboxylic acids is 1. The molecule has 19 heavy (non-hydrogen) atoms. The number of nitrogens with one attached hydrogen (secondary N) is 1. The Bertz CT molecular complexity index is 309. The molecule has 1 rings (SSSR count). The zero-order valence-corrected chi connectivity index (χ0v) is 11.7. The molecule has 1 heterocycles. The summed E-state index contributed by atoms with van der Waals surface area (Å²) in [5, 5.41) is 11.6. The van der Waals surface area contributed by atoms with Gasteiger partial charge in [0.2, 0.25) is 0 Å². The topological polar surface area (TPSA) is 78.9 Å². The first-order valence-corrected chi connectivity index (χ1v) is 6.92. The van der Waals surface area contributed by atoms with Crippen molar-refractivity contribution in [1.82, 2.24) is 10.2 Å². The van der Waals surface area contributed by atoms with Gasteiger partial charge in [-0.25, -0.2) is 4.79 Å². The fraction of sp³-hybridized carbons (Fsp3) is 0.846. The number of carboxylic acid groups (broad SMARTS) is 1. The van der Waals surface area contributed by atoms with E-state index in [1.807, 2.05) is 13.8 Å². The lowest BCUT2D eigenvalue weighted by atomic mass is 10.0. The molecule has 1 saturated heterocycles. The van der Waals surface area contributed by atoms with Crippen molar-refractivity contribution in [2.45, 2.75) is 39.2 Å². The molecule has 2 amide bonds. The number of rotatable bonds is 6. The minimum atomic E-state index is -0.821. The summed E-state index contributed by atoms with van der Waals surface area (Å²) >= 11 is 0. The van der Waals surface area contributed by atoms with E-state index in [0.717, 1.165) is 12.8 Å². The van der Waals surface area contributed by atoms with Crippen LogP contribution in [0.4, 0.5) is 4.79 Å². The third-order valence-electron chi connectivity index (χ3n) is 3.46. The normalized spacial score (nSPS) is 20.9. The number of hydrogen-bond donors (Lipinski definition) is 2. The van der Waals surface area contributed by atoms with Gasteiger partial charge in [-0.3, -0.25) is 4.79 Å². The van der Waals surface area contributed by atoms with Crippen molar-refractivity contribution in [2.75, 3.05) is 26.2 Å². The minimum absolute atomic E-state index is 0.00976. The first-order valence-electron chi connectivity index (χ1n) is 6.92. The summed E-state index contributed by atoms with van der Waals surface area (Å²) < 4.78 is 5.51. The maximum absolute atomic E-state index is 12.0. The number of carbonyl (C=O) groups excluding carboxylic acids is 1. The molecule has 6 nitrogen and oxygen atoms in total. The quantitative estimate of drug-likeness (QED) is 0.764. The van der Waals surface area contributed by atoms with Crippen LogP contribution in [0.5, 0.6) is 0 Å².